The van der Waals surface area contributed by atoms with E-state index < -0.39 is 6.04 Å². The fourth-order valence-corrected chi connectivity index (χ4v) is 4.53. The Balaban J connectivity index is 1.59. The highest BCUT2D eigenvalue weighted by atomic mass is 79.9. The summed E-state index contributed by atoms with van der Waals surface area (Å²) in [5.74, 6) is -0.0670. The van der Waals surface area contributed by atoms with Crippen molar-refractivity contribution in [3.63, 3.8) is 0 Å². The number of nitrogens with zero attached hydrogens (tertiary/aromatic N) is 2. The van der Waals surface area contributed by atoms with Gasteiger partial charge in [0.1, 0.15) is 5.58 Å². The van der Waals surface area contributed by atoms with Crippen LogP contribution in [-0.4, -0.2) is 55.1 Å². The summed E-state index contributed by atoms with van der Waals surface area (Å²) in [5, 5.41) is 0.501. The Morgan fingerprint density at radius 1 is 0.967 bits per heavy atom. The van der Waals surface area contributed by atoms with Crippen LogP contribution in [-0.2, 0) is 4.74 Å². The largest absolute Gasteiger partial charge is 0.450 e. The Labute approximate surface area is 182 Å². The summed E-state index contributed by atoms with van der Waals surface area (Å²) < 4.78 is 12.3. The second-order valence-electron chi connectivity index (χ2n) is 7.58. The van der Waals surface area contributed by atoms with Crippen LogP contribution in [0.3, 0.4) is 0 Å². The van der Waals surface area contributed by atoms with Gasteiger partial charge in [0.2, 0.25) is 5.76 Å². The predicted octanol–water partition coefficient (Wildman–Crippen LogP) is 3.43. The zero-order valence-corrected chi connectivity index (χ0v) is 17.9. The van der Waals surface area contributed by atoms with E-state index in [1.165, 1.54) is 0 Å². The molecule has 1 unspecified atom stereocenters. The molecule has 2 aliphatic heterocycles. The number of para-hydroxylation sites is 1. The molecule has 0 spiro atoms. The maximum atomic E-state index is 13.4. The van der Waals surface area contributed by atoms with E-state index in [4.69, 9.17) is 9.15 Å². The number of fused-ring (bicyclic) bond motifs is 2. The fourth-order valence-electron chi connectivity index (χ4n) is 4.26. The van der Waals surface area contributed by atoms with Crippen molar-refractivity contribution < 1.29 is 13.9 Å². The Hall–Kier alpha value is -2.48. The van der Waals surface area contributed by atoms with Gasteiger partial charge in [-0.05, 0) is 29.8 Å². The van der Waals surface area contributed by atoms with Gasteiger partial charge in [-0.3, -0.25) is 14.5 Å². The van der Waals surface area contributed by atoms with Gasteiger partial charge < -0.3 is 14.1 Å². The van der Waals surface area contributed by atoms with E-state index in [-0.39, 0.29) is 17.1 Å². The smallest absolute Gasteiger partial charge is 0.290 e. The van der Waals surface area contributed by atoms with Gasteiger partial charge in [-0.1, -0.05) is 40.2 Å². The summed E-state index contributed by atoms with van der Waals surface area (Å²) in [6.07, 6.45) is 0. The van der Waals surface area contributed by atoms with E-state index in [1.54, 1.807) is 23.1 Å². The Bertz CT molecular complexity index is 1150. The summed E-state index contributed by atoms with van der Waals surface area (Å²) in [6, 6.07) is 14.4. The highest BCUT2D eigenvalue weighted by Gasteiger charge is 2.42. The van der Waals surface area contributed by atoms with Gasteiger partial charge in [0.05, 0.1) is 30.2 Å². The number of hydrogen-bond acceptors (Lipinski definition) is 5. The van der Waals surface area contributed by atoms with Crippen LogP contribution in [0.4, 0.5) is 0 Å². The lowest BCUT2D eigenvalue weighted by Gasteiger charge is -2.31. The van der Waals surface area contributed by atoms with Crippen molar-refractivity contribution in [3.8, 4) is 0 Å². The average molecular weight is 469 g/mol. The first-order valence-corrected chi connectivity index (χ1v) is 10.8. The zero-order chi connectivity index (χ0) is 20.7. The summed E-state index contributed by atoms with van der Waals surface area (Å²) in [5.41, 5.74) is 1.64. The van der Waals surface area contributed by atoms with Crippen LogP contribution in [0.2, 0.25) is 0 Å². The van der Waals surface area contributed by atoms with Gasteiger partial charge >= 0.3 is 0 Å². The Morgan fingerprint density at radius 2 is 1.70 bits per heavy atom. The van der Waals surface area contributed by atoms with Crippen molar-refractivity contribution in [3.05, 3.63) is 80.1 Å². The molecule has 0 radical (unpaired) electrons. The lowest BCUT2D eigenvalue weighted by Crippen LogP contribution is -2.42. The molecule has 3 heterocycles. The summed E-state index contributed by atoms with van der Waals surface area (Å²) in [4.78, 5) is 30.8. The first-order chi connectivity index (χ1) is 14.6. The molecule has 0 aliphatic carbocycles. The molecule has 2 aromatic carbocycles. The van der Waals surface area contributed by atoms with Gasteiger partial charge in [0.25, 0.3) is 5.91 Å². The molecule has 6 nitrogen and oxygen atoms in total. The quantitative estimate of drug-likeness (QED) is 0.586. The normalized spacial score (nSPS) is 19.4. The maximum absolute atomic E-state index is 13.4. The van der Waals surface area contributed by atoms with Crippen LogP contribution < -0.4 is 5.43 Å². The molecule has 1 fully saturated rings. The van der Waals surface area contributed by atoms with Crippen molar-refractivity contribution in [2.75, 3.05) is 39.4 Å². The SMILES string of the molecule is O=C1c2oc3ccccc3c(=O)c2C(c2ccc(Br)cc2)N1CCN1CCOCC1. The van der Waals surface area contributed by atoms with Gasteiger partial charge in [-0.15, -0.1) is 0 Å². The Morgan fingerprint density at radius 3 is 2.47 bits per heavy atom. The minimum Gasteiger partial charge on any atom is -0.450 e. The van der Waals surface area contributed by atoms with Crippen molar-refractivity contribution in [1.82, 2.24) is 9.80 Å². The molecule has 30 heavy (non-hydrogen) atoms. The van der Waals surface area contributed by atoms with E-state index >= 15 is 0 Å². The monoisotopic (exact) mass is 468 g/mol. The number of morpholine rings is 1. The van der Waals surface area contributed by atoms with Crippen LogP contribution in [0.5, 0.6) is 0 Å². The lowest BCUT2D eigenvalue weighted by atomic mass is 9.98. The topological polar surface area (TPSA) is 63.0 Å². The molecule has 1 saturated heterocycles. The van der Waals surface area contributed by atoms with Crippen molar-refractivity contribution in [2.45, 2.75) is 6.04 Å². The summed E-state index contributed by atoms with van der Waals surface area (Å²) in [7, 11) is 0. The molecule has 2 aliphatic rings. The number of carbonyl (C=O) groups is 1. The van der Waals surface area contributed by atoms with Crippen LogP contribution in [0.1, 0.15) is 27.7 Å². The van der Waals surface area contributed by atoms with Gasteiger partial charge in [0.15, 0.2) is 5.43 Å². The second kappa shape index (κ2) is 7.98. The van der Waals surface area contributed by atoms with Crippen molar-refractivity contribution >= 4 is 32.8 Å². The van der Waals surface area contributed by atoms with E-state index in [0.29, 0.717) is 36.3 Å². The number of ether oxygens (including phenoxy) is 1. The number of carbonyl (C=O) groups excluding carboxylic acids is 1. The minimum absolute atomic E-state index is 0.137. The molecule has 1 amide bonds. The van der Waals surface area contributed by atoms with E-state index in [1.807, 2.05) is 30.3 Å². The molecule has 0 N–H and O–H groups in total. The third-order valence-corrected chi connectivity index (χ3v) is 6.35. The van der Waals surface area contributed by atoms with Gasteiger partial charge in [-0.25, -0.2) is 0 Å². The van der Waals surface area contributed by atoms with Gasteiger partial charge in [0, 0.05) is 30.7 Å². The molecule has 3 aromatic rings. The molecule has 5 rings (SSSR count). The van der Waals surface area contributed by atoms with E-state index in [0.717, 1.165) is 29.7 Å². The predicted molar refractivity (Wildman–Crippen MR) is 117 cm³/mol. The van der Waals surface area contributed by atoms with Crippen LogP contribution in [0, 0.1) is 0 Å². The summed E-state index contributed by atoms with van der Waals surface area (Å²) in [6.45, 7) is 4.34. The molecule has 0 bridgehead atoms. The number of hydrogen-bond donors (Lipinski definition) is 0. The lowest BCUT2D eigenvalue weighted by molar-refractivity contribution is 0.0314. The van der Waals surface area contributed by atoms with E-state index in [2.05, 4.69) is 20.8 Å². The minimum atomic E-state index is -0.456. The molecular weight excluding hydrogens is 448 g/mol. The average Bonchev–Trinajstić information content (AvgIpc) is 3.06. The van der Waals surface area contributed by atoms with Crippen molar-refractivity contribution in [2.24, 2.45) is 0 Å². The summed E-state index contributed by atoms with van der Waals surface area (Å²) >= 11 is 3.46. The number of halogens is 1. The fraction of sp³-hybridized carbons (Fsp3) is 0.304. The van der Waals surface area contributed by atoms with E-state index in [9.17, 15) is 9.59 Å². The third kappa shape index (κ3) is 3.37. The molecule has 7 heteroatoms. The molecular formula is C23H21BrN2O4. The van der Waals surface area contributed by atoms with Gasteiger partial charge in [-0.2, -0.15) is 0 Å². The van der Waals surface area contributed by atoms with Crippen LogP contribution in [0.15, 0.2) is 62.2 Å². The highest BCUT2D eigenvalue weighted by molar-refractivity contribution is 9.10. The molecule has 1 aromatic heterocycles. The maximum Gasteiger partial charge on any atom is 0.290 e. The molecule has 154 valence electrons. The number of rotatable bonds is 4. The highest BCUT2D eigenvalue weighted by Crippen LogP contribution is 2.38. The number of benzene rings is 2. The first kappa shape index (κ1) is 19.5. The van der Waals surface area contributed by atoms with Crippen molar-refractivity contribution in [1.29, 1.82) is 0 Å². The van der Waals surface area contributed by atoms with Crippen LogP contribution >= 0.6 is 15.9 Å². The standard InChI is InChI=1S/C23H21BrN2O4/c24-16-7-5-15(6-8-16)20-19-21(27)17-3-1-2-4-18(17)30-22(19)23(28)26(20)10-9-25-11-13-29-14-12-25/h1-8,20H,9-14H2. The first-order valence-electron chi connectivity index (χ1n) is 10.1. The number of amides is 1. The van der Waals surface area contributed by atoms with Crippen LogP contribution in [0.25, 0.3) is 11.0 Å². The Kier molecular flexibility index (Phi) is 5.18. The third-order valence-electron chi connectivity index (χ3n) is 5.82. The zero-order valence-electron chi connectivity index (χ0n) is 16.3. The second-order valence-corrected chi connectivity index (χ2v) is 8.49. The molecule has 0 saturated carbocycles. The molecule has 1 atom stereocenters.